The molecule has 0 spiro atoms. The summed E-state index contributed by atoms with van der Waals surface area (Å²) >= 11 is 3.19. The van der Waals surface area contributed by atoms with Crippen LogP contribution in [-0.2, 0) is 19.6 Å². The fourth-order valence-corrected chi connectivity index (χ4v) is 3.44. The zero-order valence-corrected chi connectivity index (χ0v) is 14.6. The lowest BCUT2D eigenvalue weighted by Crippen LogP contribution is -2.38. The molecule has 0 heterocycles. The lowest BCUT2D eigenvalue weighted by Gasteiger charge is -2.13. The summed E-state index contributed by atoms with van der Waals surface area (Å²) in [6.45, 7) is 4.63. The first-order valence-corrected chi connectivity index (χ1v) is 8.60. The van der Waals surface area contributed by atoms with Gasteiger partial charge in [-0.05, 0) is 38.5 Å². The fourth-order valence-electron chi connectivity index (χ4n) is 1.58. The number of sulfonamides is 1. The first-order chi connectivity index (χ1) is 10.1. The van der Waals surface area contributed by atoms with E-state index in [-0.39, 0.29) is 17.1 Å². The number of halogens is 1. The molecule has 0 fully saturated rings. The molecule has 1 atom stereocenters. The van der Waals surface area contributed by atoms with E-state index in [1.165, 1.54) is 13.0 Å². The number of nitrogens with one attached hydrogen (secondary N) is 1. The molecule has 122 valence electrons. The second kappa shape index (κ2) is 7.21. The second-order valence-electron chi connectivity index (χ2n) is 4.48. The van der Waals surface area contributed by atoms with Crippen LogP contribution in [-0.4, -0.2) is 38.1 Å². The van der Waals surface area contributed by atoms with Gasteiger partial charge < -0.3 is 9.84 Å². The number of aliphatic carboxylic acids is 1. The Morgan fingerprint density at radius 3 is 2.50 bits per heavy atom. The highest BCUT2D eigenvalue weighted by Crippen LogP contribution is 2.25. The molecule has 0 radical (unpaired) electrons. The van der Waals surface area contributed by atoms with Crippen molar-refractivity contribution < 1.29 is 27.9 Å². The quantitative estimate of drug-likeness (QED) is 0.711. The van der Waals surface area contributed by atoms with Crippen molar-refractivity contribution in [1.29, 1.82) is 0 Å². The maximum Gasteiger partial charge on any atom is 0.338 e. The number of carboxylic acid groups (broad SMARTS) is 1. The van der Waals surface area contributed by atoms with Crippen LogP contribution in [0.3, 0.4) is 0 Å². The SMILES string of the molecule is CCOC(=O)c1cc(S(=O)(=O)N[C@H](C)C(=O)O)cc(Br)c1C. The van der Waals surface area contributed by atoms with Gasteiger partial charge in [0.1, 0.15) is 6.04 Å². The van der Waals surface area contributed by atoms with Crippen molar-refractivity contribution in [2.75, 3.05) is 6.61 Å². The topological polar surface area (TPSA) is 110 Å². The molecule has 0 aromatic heterocycles. The van der Waals surface area contributed by atoms with Crippen LogP contribution < -0.4 is 4.72 Å². The average Bonchev–Trinajstić information content (AvgIpc) is 2.41. The highest BCUT2D eigenvalue weighted by molar-refractivity contribution is 9.10. The minimum absolute atomic E-state index is 0.0968. The summed E-state index contributed by atoms with van der Waals surface area (Å²) in [6, 6.07) is 1.17. The minimum Gasteiger partial charge on any atom is -0.480 e. The third-order valence-electron chi connectivity index (χ3n) is 2.83. The van der Waals surface area contributed by atoms with Crippen molar-refractivity contribution in [3.63, 3.8) is 0 Å². The molecule has 2 N–H and O–H groups in total. The largest absolute Gasteiger partial charge is 0.480 e. The van der Waals surface area contributed by atoms with E-state index in [2.05, 4.69) is 15.9 Å². The number of carboxylic acids is 1. The smallest absolute Gasteiger partial charge is 0.338 e. The number of hydrogen-bond donors (Lipinski definition) is 2. The molecule has 0 saturated heterocycles. The molecule has 9 heteroatoms. The van der Waals surface area contributed by atoms with E-state index in [0.29, 0.717) is 10.0 Å². The molecule has 0 aliphatic rings. The Bertz CT molecular complexity index is 701. The van der Waals surface area contributed by atoms with Crippen molar-refractivity contribution >= 4 is 37.9 Å². The molecular formula is C13H16BrNO6S. The molecule has 0 saturated carbocycles. The van der Waals surface area contributed by atoms with E-state index in [4.69, 9.17) is 9.84 Å². The summed E-state index contributed by atoms with van der Waals surface area (Å²) < 4.78 is 31.7. The molecular weight excluding hydrogens is 378 g/mol. The Morgan fingerprint density at radius 1 is 1.41 bits per heavy atom. The summed E-state index contributed by atoms with van der Waals surface area (Å²) in [6.07, 6.45) is 0. The van der Waals surface area contributed by atoms with Crippen LogP contribution in [0.4, 0.5) is 0 Å². The Labute approximate surface area is 136 Å². The molecule has 1 rings (SSSR count). The van der Waals surface area contributed by atoms with Gasteiger partial charge >= 0.3 is 11.9 Å². The third-order valence-corrected chi connectivity index (χ3v) is 5.17. The van der Waals surface area contributed by atoms with Gasteiger partial charge in [-0.25, -0.2) is 13.2 Å². The molecule has 0 unspecified atom stereocenters. The molecule has 0 aliphatic heterocycles. The number of carbonyl (C=O) groups is 2. The zero-order chi connectivity index (χ0) is 17.1. The Kier molecular flexibility index (Phi) is 6.09. The van der Waals surface area contributed by atoms with Crippen molar-refractivity contribution in [3.8, 4) is 0 Å². The van der Waals surface area contributed by atoms with Gasteiger partial charge in [0.15, 0.2) is 0 Å². The molecule has 0 amide bonds. The number of benzene rings is 1. The lowest BCUT2D eigenvalue weighted by atomic mass is 10.1. The van der Waals surface area contributed by atoms with Gasteiger partial charge in [-0.15, -0.1) is 0 Å². The monoisotopic (exact) mass is 393 g/mol. The number of rotatable bonds is 6. The molecule has 22 heavy (non-hydrogen) atoms. The van der Waals surface area contributed by atoms with Crippen LogP contribution >= 0.6 is 15.9 Å². The minimum atomic E-state index is -4.08. The van der Waals surface area contributed by atoms with Crippen LogP contribution in [0.1, 0.15) is 29.8 Å². The van der Waals surface area contributed by atoms with E-state index in [9.17, 15) is 18.0 Å². The number of esters is 1. The van der Waals surface area contributed by atoms with Gasteiger partial charge in [-0.1, -0.05) is 15.9 Å². The Hall–Kier alpha value is -1.45. The lowest BCUT2D eigenvalue weighted by molar-refractivity contribution is -0.138. The van der Waals surface area contributed by atoms with Crippen molar-refractivity contribution in [1.82, 2.24) is 4.72 Å². The molecule has 0 aliphatic carbocycles. The van der Waals surface area contributed by atoms with Gasteiger partial charge in [0.05, 0.1) is 17.1 Å². The van der Waals surface area contributed by atoms with E-state index >= 15 is 0 Å². The highest BCUT2D eigenvalue weighted by atomic mass is 79.9. The van der Waals surface area contributed by atoms with Crippen LogP contribution in [0.5, 0.6) is 0 Å². The second-order valence-corrected chi connectivity index (χ2v) is 7.05. The summed E-state index contributed by atoms with van der Waals surface area (Å²) in [7, 11) is -4.08. The van der Waals surface area contributed by atoms with E-state index in [1.807, 2.05) is 4.72 Å². The maximum absolute atomic E-state index is 12.2. The van der Waals surface area contributed by atoms with Gasteiger partial charge in [0, 0.05) is 4.47 Å². The predicted octanol–water partition coefficient (Wildman–Crippen LogP) is 1.69. The van der Waals surface area contributed by atoms with E-state index < -0.39 is 28.0 Å². The Balaban J connectivity index is 3.31. The predicted molar refractivity (Wildman–Crippen MR) is 82.3 cm³/mol. The third kappa shape index (κ3) is 4.28. The molecule has 0 bridgehead atoms. The average molecular weight is 394 g/mol. The summed E-state index contributed by atoms with van der Waals surface area (Å²) in [5, 5.41) is 8.79. The highest BCUT2D eigenvalue weighted by Gasteiger charge is 2.24. The zero-order valence-electron chi connectivity index (χ0n) is 12.2. The van der Waals surface area contributed by atoms with Crippen LogP contribution in [0.25, 0.3) is 0 Å². The summed E-state index contributed by atoms with van der Waals surface area (Å²) in [4.78, 5) is 22.4. The Morgan fingerprint density at radius 2 is 2.00 bits per heavy atom. The van der Waals surface area contributed by atoms with Crippen molar-refractivity contribution in [2.24, 2.45) is 0 Å². The molecule has 7 nitrogen and oxygen atoms in total. The molecule has 1 aromatic rings. The number of ether oxygens (including phenoxy) is 1. The summed E-state index contributed by atoms with van der Waals surface area (Å²) in [5.74, 6) is -1.95. The van der Waals surface area contributed by atoms with Gasteiger partial charge in [-0.2, -0.15) is 4.72 Å². The van der Waals surface area contributed by atoms with Crippen LogP contribution in [0.2, 0.25) is 0 Å². The van der Waals surface area contributed by atoms with Gasteiger partial charge in [0.25, 0.3) is 0 Å². The normalized spacial score (nSPS) is 12.7. The van der Waals surface area contributed by atoms with Crippen LogP contribution in [0, 0.1) is 6.92 Å². The number of carbonyl (C=O) groups excluding carboxylic acids is 1. The maximum atomic E-state index is 12.2. The van der Waals surface area contributed by atoms with Crippen LogP contribution in [0.15, 0.2) is 21.5 Å². The fraction of sp³-hybridized carbons (Fsp3) is 0.385. The first-order valence-electron chi connectivity index (χ1n) is 6.32. The standard InChI is InChI=1S/C13H16BrNO6S/c1-4-21-13(18)10-5-9(6-11(14)7(10)2)22(19,20)15-8(3)12(16)17/h5-6,8,15H,4H2,1-3H3,(H,16,17)/t8-/m1/s1. The molecule has 1 aromatic carbocycles. The summed E-state index contributed by atoms with van der Waals surface area (Å²) in [5.41, 5.74) is 0.628. The van der Waals surface area contributed by atoms with Crippen molar-refractivity contribution in [2.45, 2.75) is 31.7 Å². The number of hydrogen-bond acceptors (Lipinski definition) is 5. The first kappa shape index (κ1) is 18.6. The van der Waals surface area contributed by atoms with Crippen molar-refractivity contribution in [3.05, 3.63) is 27.7 Å². The van der Waals surface area contributed by atoms with Gasteiger partial charge in [-0.3, -0.25) is 4.79 Å². The van der Waals surface area contributed by atoms with E-state index in [1.54, 1.807) is 13.8 Å². The van der Waals surface area contributed by atoms with E-state index in [0.717, 1.165) is 6.07 Å². The van der Waals surface area contributed by atoms with Gasteiger partial charge in [0.2, 0.25) is 10.0 Å².